The minimum absolute atomic E-state index is 0.168. The van der Waals surface area contributed by atoms with Gasteiger partial charge in [0.1, 0.15) is 0 Å². The van der Waals surface area contributed by atoms with Gasteiger partial charge in [-0.1, -0.05) is 0 Å². The van der Waals surface area contributed by atoms with E-state index in [2.05, 4.69) is 0 Å². The minimum atomic E-state index is -3.50. The van der Waals surface area contributed by atoms with E-state index in [9.17, 15) is 13.2 Å². The van der Waals surface area contributed by atoms with Crippen LogP contribution in [0.3, 0.4) is 0 Å². The van der Waals surface area contributed by atoms with Crippen LogP contribution >= 0.6 is 0 Å². The minimum Gasteiger partial charge on any atom is -0.277 e. The number of hydrogen-bond acceptors (Lipinski definition) is 4. The molecule has 3 N–H and O–H groups in total. The van der Waals surface area contributed by atoms with Crippen molar-refractivity contribution in [2.75, 3.05) is 6.26 Å². The first-order chi connectivity index (χ1) is 3.98. The highest BCUT2D eigenvalue weighted by Gasteiger charge is 2.08. The van der Waals surface area contributed by atoms with Crippen molar-refractivity contribution in [1.82, 2.24) is 9.95 Å². The van der Waals surface area contributed by atoms with Crippen LogP contribution in [0.2, 0.25) is 0 Å². The fraction of sp³-hybridized carbons (Fsp3) is 0.500. The van der Waals surface area contributed by atoms with E-state index in [0.717, 1.165) is 6.26 Å². The number of sulfonamides is 1. The molecule has 0 aromatic heterocycles. The molecule has 1 amide bonds. The van der Waals surface area contributed by atoms with Crippen LogP contribution in [0.5, 0.6) is 0 Å². The van der Waals surface area contributed by atoms with Crippen LogP contribution in [0.25, 0.3) is 0 Å². The maximum absolute atomic E-state index is 10.3. The van der Waals surface area contributed by atoms with Crippen molar-refractivity contribution < 1.29 is 13.2 Å². The molecule has 0 radical (unpaired) electrons. The summed E-state index contributed by atoms with van der Waals surface area (Å²) in [6.07, 6.45) is 1.03. The molecule has 6 nitrogen and oxygen atoms in total. The van der Waals surface area contributed by atoms with E-state index in [-0.39, 0.29) is 10.9 Å². The zero-order valence-electron chi connectivity index (χ0n) is 4.73. The summed E-state index contributed by atoms with van der Waals surface area (Å²) in [5.41, 5.74) is 1.73. The third kappa shape index (κ3) is 3.01. The van der Waals surface area contributed by atoms with Gasteiger partial charge in [0.05, 0.1) is 6.26 Å². The van der Waals surface area contributed by atoms with Gasteiger partial charge in [-0.3, -0.25) is 10.2 Å². The molecule has 9 heavy (non-hydrogen) atoms. The van der Waals surface area contributed by atoms with Gasteiger partial charge in [0.15, 0.2) is 0 Å². The third-order valence-corrected chi connectivity index (χ3v) is 1.36. The quantitative estimate of drug-likeness (QED) is 0.273. The molecule has 0 aromatic rings. The van der Waals surface area contributed by atoms with Crippen molar-refractivity contribution in [1.29, 1.82) is 0 Å². The van der Waals surface area contributed by atoms with Crippen molar-refractivity contribution in [3.8, 4) is 0 Å². The smallest absolute Gasteiger partial charge is 0.241 e. The van der Waals surface area contributed by atoms with Crippen LogP contribution in [0.4, 0.5) is 0 Å². The first-order valence-electron chi connectivity index (χ1n) is 1.93. The maximum atomic E-state index is 10.3. The Morgan fingerprint density at radius 1 is 1.67 bits per heavy atom. The van der Waals surface area contributed by atoms with Crippen molar-refractivity contribution in [3.63, 3.8) is 0 Å². The second kappa shape index (κ2) is 2.76. The fourth-order valence-electron chi connectivity index (χ4n) is 0.148. The molecule has 0 bridgehead atoms. The van der Waals surface area contributed by atoms with Gasteiger partial charge in [0.25, 0.3) is 0 Å². The fourth-order valence-corrected chi connectivity index (χ4v) is 0.382. The van der Waals surface area contributed by atoms with Gasteiger partial charge in [0.2, 0.25) is 16.4 Å². The van der Waals surface area contributed by atoms with Crippen LogP contribution in [0, 0.1) is 0 Å². The molecule has 0 heterocycles. The Bertz CT molecular complexity index is 185. The number of amides is 1. The Balaban J connectivity index is 4.05. The van der Waals surface area contributed by atoms with Crippen molar-refractivity contribution in [2.45, 2.75) is 0 Å². The predicted octanol–water partition coefficient (Wildman–Crippen LogP) is -2.22. The van der Waals surface area contributed by atoms with E-state index in [1.165, 1.54) is 0 Å². The van der Waals surface area contributed by atoms with Crippen LogP contribution in [0.1, 0.15) is 0 Å². The standard InChI is InChI=1S/C2H7N3O3S/c1-9(7,8)5(3)4-2-6/h2H,3H2,1H3,(H,4,6). The lowest BCUT2D eigenvalue weighted by Gasteiger charge is -2.09. The first-order valence-corrected chi connectivity index (χ1v) is 3.78. The van der Waals surface area contributed by atoms with Gasteiger partial charge >= 0.3 is 0 Å². The average Bonchev–Trinajstić information content (AvgIpc) is 1.64. The highest BCUT2D eigenvalue weighted by Crippen LogP contribution is 1.79. The van der Waals surface area contributed by atoms with Crippen molar-refractivity contribution in [3.05, 3.63) is 0 Å². The third-order valence-electron chi connectivity index (χ3n) is 0.537. The lowest BCUT2D eigenvalue weighted by Crippen LogP contribution is -2.46. The summed E-state index contributed by atoms with van der Waals surface area (Å²) in [5, 5.41) is 0. The van der Waals surface area contributed by atoms with Gasteiger partial charge in [-0.15, -0.1) is 0 Å². The first kappa shape index (κ1) is 8.34. The summed E-state index contributed by atoms with van der Waals surface area (Å²) in [4.78, 5) is 9.56. The zero-order valence-corrected chi connectivity index (χ0v) is 5.55. The van der Waals surface area contributed by atoms with E-state index in [1.54, 1.807) is 5.43 Å². The summed E-state index contributed by atoms with van der Waals surface area (Å²) >= 11 is 0. The Kier molecular flexibility index (Phi) is 2.56. The topological polar surface area (TPSA) is 92.5 Å². The summed E-state index contributed by atoms with van der Waals surface area (Å²) < 4.78 is 20.8. The van der Waals surface area contributed by atoms with Crippen LogP contribution < -0.4 is 11.3 Å². The van der Waals surface area contributed by atoms with Gasteiger partial charge < -0.3 is 0 Å². The molecule has 0 atom stereocenters. The van der Waals surface area contributed by atoms with E-state index in [0.29, 0.717) is 0 Å². The number of hydrazine groups is 2. The maximum Gasteiger partial charge on any atom is 0.241 e. The molecule has 0 aromatic carbocycles. The monoisotopic (exact) mass is 153 g/mol. The molecular formula is C2H7N3O3S. The number of rotatable bonds is 3. The number of nitrogens with two attached hydrogens (primary N) is 1. The summed E-state index contributed by atoms with van der Waals surface area (Å²) in [6, 6.07) is 0. The molecule has 0 unspecified atom stereocenters. The Morgan fingerprint density at radius 3 is 2.22 bits per heavy atom. The molecule has 0 aliphatic heterocycles. The Morgan fingerprint density at radius 2 is 2.11 bits per heavy atom. The zero-order chi connectivity index (χ0) is 7.49. The van der Waals surface area contributed by atoms with E-state index in [4.69, 9.17) is 5.84 Å². The molecule has 0 spiro atoms. The number of nitrogens with zero attached hydrogens (tertiary/aromatic N) is 1. The second-order valence-corrected chi connectivity index (χ2v) is 3.17. The lowest BCUT2D eigenvalue weighted by molar-refractivity contribution is -0.112. The van der Waals surface area contributed by atoms with Crippen LogP contribution in [-0.4, -0.2) is 25.6 Å². The van der Waals surface area contributed by atoms with Gasteiger partial charge in [-0.2, -0.15) is 0 Å². The summed E-state index contributed by atoms with van der Waals surface area (Å²) in [5.74, 6) is 4.76. The predicted molar refractivity (Wildman–Crippen MR) is 30.1 cm³/mol. The highest BCUT2D eigenvalue weighted by atomic mass is 32.2. The lowest BCUT2D eigenvalue weighted by atomic mass is 11.4. The molecule has 7 heteroatoms. The Hall–Kier alpha value is -0.660. The normalized spacial score (nSPS) is 11.4. The summed E-state index contributed by atoms with van der Waals surface area (Å²) in [7, 11) is -3.50. The Labute approximate surface area is 52.6 Å². The van der Waals surface area contributed by atoms with E-state index >= 15 is 0 Å². The number of hydrogen-bond donors (Lipinski definition) is 2. The number of nitrogens with one attached hydrogen (secondary N) is 1. The molecule has 0 fully saturated rings. The van der Waals surface area contributed by atoms with Gasteiger partial charge in [-0.25, -0.2) is 14.3 Å². The highest BCUT2D eigenvalue weighted by molar-refractivity contribution is 7.88. The SMILES string of the molecule is CS(=O)(=O)N(N)NC=O. The largest absolute Gasteiger partial charge is 0.277 e. The van der Waals surface area contributed by atoms with Gasteiger partial charge in [-0.05, 0) is 4.52 Å². The summed E-state index contributed by atoms with van der Waals surface area (Å²) in [6.45, 7) is 0. The number of carbonyl (C=O) groups is 1. The molecule has 0 aliphatic rings. The van der Waals surface area contributed by atoms with Crippen LogP contribution in [-0.2, 0) is 14.8 Å². The van der Waals surface area contributed by atoms with Crippen molar-refractivity contribution >= 4 is 16.4 Å². The molecular weight excluding hydrogens is 146 g/mol. The molecule has 0 aliphatic carbocycles. The van der Waals surface area contributed by atoms with E-state index in [1.807, 2.05) is 0 Å². The molecule has 0 saturated carbocycles. The molecule has 0 saturated heterocycles. The van der Waals surface area contributed by atoms with E-state index < -0.39 is 10.0 Å². The molecule has 54 valence electrons. The van der Waals surface area contributed by atoms with Crippen molar-refractivity contribution in [2.24, 2.45) is 5.84 Å². The van der Waals surface area contributed by atoms with Gasteiger partial charge in [0, 0.05) is 0 Å². The number of carbonyl (C=O) groups excluding carboxylic acids is 1. The second-order valence-electron chi connectivity index (χ2n) is 1.31. The molecule has 0 rings (SSSR count). The average molecular weight is 153 g/mol. The van der Waals surface area contributed by atoms with Crippen LogP contribution in [0.15, 0.2) is 0 Å².